The SMILES string of the molecule is CC(C)CCCCCCCC1(C(=O)O)CCC2OC2C1(CCCCCCCC(C)C)C(=O)O. The Labute approximate surface area is 202 Å². The molecule has 33 heavy (non-hydrogen) atoms. The predicted molar refractivity (Wildman–Crippen MR) is 132 cm³/mol. The van der Waals surface area contributed by atoms with E-state index in [0.717, 1.165) is 50.4 Å². The number of hydrogen-bond acceptors (Lipinski definition) is 3. The minimum Gasteiger partial charge on any atom is -0.481 e. The third-order valence-electron chi connectivity index (χ3n) is 8.31. The average Bonchev–Trinajstić information content (AvgIpc) is 3.52. The van der Waals surface area contributed by atoms with Crippen molar-refractivity contribution in [2.75, 3.05) is 0 Å². The third-order valence-corrected chi connectivity index (χ3v) is 8.31. The molecule has 0 bridgehead atoms. The van der Waals surface area contributed by atoms with Gasteiger partial charge in [-0.1, -0.05) is 105 Å². The second-order valence-corrected chi connectivity index (χ2v) is 11.7. The fraction of sp³-hybridized carbons (Fsp3) is 0.929. The second-order valence-electron chi connectivity index (χ2n) is 11.7. The van der Waals surface area contributed by atoms with E-state index in [4.69, 9.17) is 4.74 Å². The molecule has 1 aliphatic heterocycles. The number of unbranched alkanes of at least 4 members (excludes halogenated alkanes) is 8. The first-order valence-electron chi connectivity index (χ1n) is 13.8. The van der Waals surface area contributed by atoms with Crippen molar-refractivity contribution in [3.8, 4) is 0 Å². The molecule has 0 radical (unpaired) electrons. The van der Waals surface area contributed by atoms with Crippen LogP contribution in [0.4, 0.5) is 0 Å². The zero-order valence-electron chi connectivity index (χ0n) is 21.7. The molecule has 5 nitrogen and oxygen atoms in total. The number of carboxylic acids is 2. The minimum atomic E-state index is -1.28. The summed E-state index contributed by atoms with van der Waals surface area (Å²) < 4.78 is 5.82. The molecule has 2 rings (SSSR count). The van der Waals surface area contributed by atoms with Crippen molar-refractivity contribution < 1.29 is 24.5 Å². The van der Waals surface area contributed by atoms with E-state index in [-0.39, 0.29) is 6.10 Å². The topological polar surface area (TPSA) is 87.1 Å². The summed E-state index contributed by atoms with van der Waals surface area (Å²) in [5.41, 5.74) is -2.48. The van der Waals surface area contributed by atoms with Crippen LogP contribution in [-0.2, 0) is 14.3 Å². The van der Waals surface area contributed by atoms with Crippen molar-refractivity contribution in [1.82, 2.24) is 0 Å². The molecule has 1 saturated heterocycles. The molecule has 2 aliphatic rings. The van der Waals surface area contributed by atoms with Crippen molar-refractivity contribution in [2.45, 2.75) is 143 Å². The highest BCUT2D eigenvalue weighted by molar-refractivity contribution is 5.88. The fourth-order valence-corrected chi connectivity index (χ4v) is 6.24. The van der Waals surface area contributed by atoms with Gasteiger partial charge in [-0.05, 0) is 37.5 Å². The first-order chi connectivity index (χ1) is 15.7. The summed E-state index contributed by atoms with van der Waals surface area (Å²) in [7, 11) is 0. The van der Waals surface area contributed by atoms with E-state index in [0.29, 0.717) is 25.7 Å². The quantitative estimate of drug-likeness (QED) is 0.162. The molecular weight excluding hydrogens is 416 g/mol. The molecule has 192 valence electrons. The van der Waals surface area contributed by atoms with E-state index in [1.165, 1.54) is 38.5 Å². The Balaban J connectivity index is 1.98. The smallest absolute Gasteiger partial charge is 0.313 e. The summed E-state index contributed by atoms with van der Waals surface area (Å²) in [6.07, 6.45) is 14.4. The van der Waals surface area contributed by atoms with E-state index in [2.05, 4.69) is 27.7 Å². The molecule has 0 aromatic carbocycles. The molecule has 5 heteroatoms. The van der Waals surface area contributed by atoms with Crippen LogP contribution >= 0.6 is 0 Å². The van der Waals surface area contributed by atoms with E-state index in [9.17, 15) is 19.8 Å². The molecule has 1 aliphatic carbocycles. The zero-order chi connectivity index (χ0) is 24.5. The standard InChI is InChI=1S/C28H50O5/c1-21(2)15-11-7-5-9-13-18-27(25(29)30)20-17-23-24(33-23)28(27,26(31)32)19-14-10-6-8-12-16-22(3)4/h21-24H,5-20H2,1-4H3,(H,29,30)(H,31,32). The van der Waals surface area contributed by atoms with E-state index in [1.54, 1.807) is 0 Å². The van der Waals surface area contributed by atoms with E-state index >= 15 is 0 Å². The third kappa shape index (κ3) is 7.19. The molecule has 0 aromatic heterocycles. The highest BCUT2D eigenvalue weighted by atomic mass is 16.6. The van der Waals surface area contributed by atoms with Crippen LogP contribution in [0, 0.1) is 22.7 Å². The van der Waals surface area contributed by atoms with Gasteiger partial charge in [0.1, 0.15) is 11.5 Å². The number of hydrogen-bond donors (Lipinski definition) is 2. The molecule has 1 heterocycles. The maximum Gasteiger partial charge on any atom is 0.313 e. The van der Waals surface area contributed by atoms with Crippen LogP contribution in [0.2, 0.25) is 0 Å². The van der Waals surface area contributed by atoms with Gasteiger partial charge in [-0.15, -0.1) is 0 Å². The summed E-state index contributed by atoms with van der Waals surface area (Å²) in [5, 5.41) is 20.9. The fourth-order valence-electron chi connectivity index (χ4n) is 6.24. The molecule has 1 saturated carbocycles. The number of epoxide rings is 1. The Bertz CT molecular complexity index is 615. The van der Waals surface area contributed by atoms with Gasteiger partial charge in [0.15, 0.2) is 0 Å². The molecule has 0 amide bonds. The van der Waals surface area contributed by atoms with E-state index in [1.807, 2.05) is 0 Å². The van der Waals surface area contributed by atoms with Crippen molar-refractivity contribution in [1.29, 1.82) is 0 Å². The molecule has 2 N–H and O–H groups in total. The number of rotatable bonds is 18. The molecule has 0 aromatic rings. The summed E-state index contributed by atoms with van der Waals surface area (Å²) in [6, 6.07) is 0. The van der Waals surface area contributed by atoms with Crippen LogP contribution in [0.25, 0.3) is 0 Å². The van der Waals surface area contributed by atoms with Crippen LogP contribution in [0.15, 0.2) is 0 Å². The minimum absolute atomic E-state index is 0.0596. The highest BCUT2D eigenvalue weighted by Gasteiger charge is 2.73. The monoisotopic (exact) mass is 466 g/mol. The molecule has 0 spiro atoms. The van der Waals surface area contributed by atoms with Gasteiger partial charge in [-0.3, -0.25) is 9.59 Å². The first kappa shape index (κ1) is 28.1. The molecule has 2 fully saturated rings. The summed E-state index contributed by atoms with van der Waals surface area (Å²) in [5.74, 6) is -0.428. The lowest BCUT2D eigenvalue weighted by Gasteiger charge is -2.47. The van der Waals surface area contributed by atoms with Crippen LogP contribution < -0.4 is 0 Å². The zero-order valence-corrected chi connectivity index (χ0v) is 21.7. The number of carbonyl (C=O) groups is 2. The first-order valence-corrected chi connectivity index (χ1v) is 13.8. The van der Waals surface area contributed by atoms with Gasteiger partial charge in [0.05, 0.1) is 11.5 Å². The van der Waals surface area contributed by atoms with Crippen molar-refractivity contribution >= 4 is 11.9 Å². The van der Waals surface area contributed by atoms with Crippen LogP contribution in [0.5, 0.6) is 0 Å². The lowest BCUT2D eigenvalue weighted by atomic mass is 9.52. The molecular formula is C28H50O5. The predicted octanol–water partition coefficient (Wildman–Crippen LogP) is 7.46. The lowest BCUT2D eigenvalue weighted by molar-refractivity contribution is -0.181. The van der Waals surface area contributed by atoms with E-state index < -0.39 is 28.9 Å². The number of fused-ring (bicyclic) bond motifs is 1. The Morgan fingerprint density at radius 2 is 1.24 bits per heavy atom. The largest absolute Gasteiger partial charge is 0.481 e. The van der Waals surface area contributed by atoms with Crippen molar-refractivity contribution in [2.24, 2.45) is 22.7 Å². The number of aliphatic carboxylic acids is 2. The van der Waals surface area contributed by atoms with Crippen molar-refractivity contribution in [3.05, 3.63) is 0 Å². The number of ether oxygens (including phenoxy) is 1. The van der Waals surface area contributed by atoms with Gasteiger partial charge in [0.25, 0.3) is 0 Å². The Morgan fingerprint density at radius 1 is 0.758 bits per heavy atom. The van der Waals surface area contributed by atoms with Gasteiger partial charge in [-0.25, -0.2) is 0 Å². The maximum atomic E-state index is 12.8. The van der Waals surface area contributed by atoms with Crippen LogP contribution in [0.1, 0.15) is 130 Å². The highest BCUT2D eigenvalue weighted by Crippen LogP contribution is 2.63. The lowest BCUT2D eigenvalue weighted by Crippen LogP contribution is -2.58. The van der Waals surface area contributed by atoms with Gasteiger partial charge >= 0.3 is 11.9 Å². The van der Waals surface area contributed by atoms with Crippen LogP contribution in [-0.4, -0.2) is 34.4 Å². The Hall–Kier alpha value is -1.10. The summed E-state index contributed by atoms with van der Waals surface area (Å²) in [4.78, 5) is 25.5. The van der Waals surface area contributed by atoms with Crippen molar-refractivity contribution in [3.63, 3.8) is 0 Å². The normalized spacial score (nSPS) is 28.8. The van der Waals surface area contributed by atoms with Crippen LogP contribution in [0.3, 0.4) is 0 Å². The average molecular weight is 467 g/mol. The Kier molecular flexibility index (Phi) is 11.2. The maximum absolute atomic E-state index is 12.8. The van der Waals surface area contributed by atoms with Gasteiger partial charge in [0, 0.05) is 0 Å². The second kappa shape index (κ2) is 13.1. The number of carboxylic acid groups (broad SMARTS) is 2. The molecule has 4 atom stereocenters. The van der Waals surface area contributed by atoms with Gasteiger partial charge < -0.3 is 14.9 Å². The summed E-state index contributed by atoms with van der Waals surface area (Å²) >= 11 is 0. The van der Waals surface area contributed by atoms with Gasteiger partial charge in [0.2, 0.25) is 0 Å². The molecule has 4 unspecified atom stereocenters. The Morgan fingerprint density at radius 3 is 1.73 bits per heavy atom. The van der Waals surface area contributed by atoms with Gasteiger partial charge in [-0.2, -0.15) is 0 Å². The summed E-state index contributed by atoms with van der Waals surface area (Å²) in [6.45, 7) is 8.96.